The highest BCUT2D eigenvalue weighted by Gasteiger charge is 2.07. The lowest BCUT2D eigenvalue weighted by Crippen LogP contribution is -2.15. The molecule has 0 unspecified atom stereocenters. The third-order valence-corrected chi connectivity index (χ3v) is 2.41. The largest absolute Gasteiger partial charge is 0.382 e. The van der Waals surface area contributed by atoms with Crippen LogP contribution in [-0.4, -0.2) is 45.9 Å². The van der Waals surface area contributed by atoms with Crippen LogP contribution in [0.2, 0.25) is 0 Å². The van der Waals surface area contributed by atoms with E-state index in [1.54, 1.807) is 25.3 Å². The monoisotopic (exact) mass is 270 g/mol. The summed E-state index contributed by atoms with van der Waals surface area (Å²) < 4.78 is 28.4. The molecule has 106 valence electrons. The Morgan fingerprint density at radius 3 is 2.53 bits per heavy atom. The minimum absolute atomic E-state index is 0.0258. The van der Waals surface area contributed by atoms with Gasteiger partial charge in [0.1, 0.15) is 12.4 Å². The second-order valence-corrected chi connectivity index (χ2v) is 3.96. The van der Waals surface area contributed by atoms with Gasteiger partial charge in [-0.25, -0.2) is 4.39 Å². The van der Waals surface area contributed by atoms with E-state index >= 15 is 0 Å². The van der Waals surface area contributed by atoms with Crippen LogP contribution in [0.3, 0.4) is 0 Å². The van der Waals surface area contributed by atoms with Crippen LogP contribution < -0.4 is 0 Å². The van der Waals surface area contributed by atoms with Gasteiger partial charge in [0.15, 0.2) is 5.78 Å². The fraction of sp³-hybridized carbons (Fsp3) is 0.500. The molecule has 5 heteroatoms. The molecule has 0 radical (unpaired) electrons. The van der Waals surface area contributed by atoms with Gasteiger partial charge in [0.25, 0.3) is 0 Å². The standard InChI is InChI=1S/C14H19FO4/c1-17-6-7-18-8-9-19-11-13(16)10-12-4-2-3-5-14(12)15/h2-5H,6-11H2,1H3. The molecule has 0 spiro atoms. The molecule has 0 heterocycles. The summed E-state index contributed by atoms with van der Waals surface area (Å²) in [7, 11) is 1.60. The number of methoxy groups -OCH3 is 1. The van der Waals surface area contributed by atoms with Crippen molar-refractivity contribution in [3.05, 3.63) is 35.6 Å². The topological polar surface area (TPSA) is 44.8 Å². The van der Waals surface area contributed by atoms with E-state index in [1.165, 1.54) is 6.07 Å². The Bertz CT molecular complexity index is 381. The van der Waals surface area contributed by atoms with E-state index in [1.807, 2.05) is 0 Å². The summed E-state index contributed by atoms with van der Waals surface area (Å²) in [5.74, 6) is -0.513. The molecule has 0 bridgehead atoms. The van der Waals surface area contributed by atoms with Crippen LogP contribution in [0.25, 0.3) is 0 Å². The Labute approximate surface area is 112 Å². The predicted octanol–water partition coefficient (Wildman–Crippen LogP) is 1.62. The summed E-state index contributed by atoms with van der Waals surface area (Å²) in [5.41, 5.74) is 0.396. The molecule has 0 fully saturated rings. The fourth-order valence-corrected chi connectivity index (χ4v) is 1.45. The Balaban J connectivity index is 2.10. The van der Waals surface area contributed by atoms with Gasteiger partial charge in [-0.05, 0) is 11.6 Å². The van der Waals surface area contributed by atoms with Crippen LogP contribution >= 0.6 is 0 Å². The first-order valence-electron chi connectivity index (χ1n) is 6.13. The molecular formula is C14H19FO4. The van der Waals surface area contributed by atoms with Crippen molar-refractivity contribution in [3.8, 4) is 0 Å². The average Bonchev–Trinajstić information content (AvgIpc) is 2.40. The molecule has 0 aliphatic heterocycles. The van der Waals surface area contributed by atoms with Crippen molar-refractivity contribution in [1.29, 1.82) is 0 Å². The summed E-state index contributed by atoms with van der Waals surface area (Å²) in [4.78, 5) is 11.5. The van der Waals surface area contributed by atoms with E-state index < -0.39 is 0 Å². The van der Waals surface area contributed by atoms with E-state index in [-0.39, 0.29) is 24.6 Å². The van der Waals surface area contributed by atoms with Crippen molar-refractivity contribution >= 4 is 5.78 Å². The van der Waals surface area contributed by atoms with Crippen molar-refractivity contribution < 1.29 is 23.4 Å². The predicted molar refractivity (Wildman–Crippen MR) is 68.6 cm³/mol. The van der Waals surface area contributed by atoms with Gasteiger partial charge in [0.2, 0.25) is 0 Å². The lowest BCUT2D eigenvalue weighted by Gasteiger charge is -2.05. The van der Waals surface area contributed by atoms with E-state index in [9.17, 15) is 9.18 Å². The smallest absolute Gasteiger partial charge is 0.162 e. The first kappa shape index (κ1) is 15.8. The maximum atomic E-state index is 13.3. The van der Waals surface area contributed by atoms with Crippen LogP contribution in [-0.2, 0) is 25.4 Å². The highest BCUT2D eigenvalue weighted by atomic mass is 19.1. The maximum absolute atomic E-state index is 13.3. The molecule has 0 aromatic heterocycles. The Morgan fingerprint density at radius 2 is 1.79 bits per heavy atom. The molecular weight excluding hydrogens is 251 g/mol. The van der Waals surface area contributed by atoms with Gasteiger partial charge in [-0.2, -0.15) is 0 Å². The minimum atomic E-state index is -0.362. The lowest BCUT2D eigenvalue weighted by atomic mass is 10.1. The van der Waals surface area contributed by atoms with Crippen molar-refractivity contribution in [2.75, 3.05) is 40.1 Å². The number of benzene rings is 1. The fourth-order valence-electron chi connectivity index (χ4n) is 1.45. The molecule has 0 aliphatic rings. The van der Waals surface area contributed by atoms with Gasteiger partial charge in [-0.1, -0.05) is 18.2 Å². The normalized spacial score (nSPS) is 10.6. The minimum Gasteiger partial charge on any atom is -0.382 e. The van der Waals surface area contributed by atoms with Gasteiger partial charge in [0.05, 0.1) is 26.4 Å². The van der Waals surface area contributed by atoms with Crippen molar-refractivity contribution in [3.63, 3.8) is 0 Å². The number of ketones is 1. The molecule has 1 rings (SSSR count). The first-order chi connectivity index (χ1) is 9.24. The van der Waals surface area contributed by atoms with Crippen molar-refractivity contribution in [2.24, 2.45) is 0 Å². The van der Waals surface area contributed by atoms with Gasteiger partial charge in [0, 0.05) is 13.5 Å². The third kappa shape index (κ3) is 7.00. The van der Waals surface area contributed by atoms with Gasteiger partial charge in [-0.15, -0.1) is 0 Å². The molecule has 1 aromatic carbocycles. The number of ether oxygens (including phenoxy) is 3. The van der Waals surface area contributed by atoms with E-state index in [2.05, 4.69) is 0 Å². The Morgan fingerprint density at radius 1 is 1.11 bits per heavy atom. The van der Waals surface area contributed by atoms with E-state index in [4.69, 9.17) is 14.2 Å². The van der Waals surface area contributed by atoms with Crippen LogP contribution in [0, 0.1) is 5.82 Å². The number of halogens is 1. The number of rotatable bonds is 10. The molecule has 0 N–H and O–H groups in total. The summed E-state index contributed by atoms with van der Waals surface area (Å²) >= 11 is 0. The molecule has 0 amide bonds. The first-order valence-corrected chi connectivity index (χ1v) is 6.13. The van der Waals surface area contributed by atoms with Gasteiger partial charge < -0.3 is 14.2 Å². The Kier molecular flexibility index (Phi) is 7.97. The Hall–Kier alpha value is -1.30. The van der Waals surface area contributed by atoms with Crippen LogP contribution in [0.15, 0.2) is 24.3 Å². The van der Waals surface area contributed by atoms with E-state index in [0.717, 1.165) is 0 Å². The zero-order valence-corrected chi connectivity index (χ0v) is 11.1. The zero-order chi connectivity index (χ0) is 13.9. The molecule has 1 aromatic rings. The summed E-state index contributed by atoms with van der Waals surface area (Å²) in [6, 6.07) is 6.24. The number of hydrogen-bond acceptors (Lipinski definition) is 4. The number of hydrogen-bond donors (Lipinski definition) is 0. The molecule has 0 atom stereocenters. The van der Waals surface area contributed by atoms with Crippen molar-refractivity contribution in [1.82, 2.24) is 0 Å². The van der Waals surface area contributed by atoms with Crippen LogP contribution in [0.1, 0.15) is 5.56 Å². The van der Waals surface area contributed by atoms with E-state index in [0.29, 0.717) is 32.0 Å². The van der Waals surface area contributed by atoms with Crippen molar-refractivity contribution in [2.45, 2.75) is 6.42 Å². The molecule has 19 heavy (non-hydrogen) atoms. The quantitative estimate of drug-likeness (QED) is 0.606. The second kappa shape index (κ2) is 9.61. The molecule has 0 saturated heterocycles. The average molecular weight is 270 g/mol. The highest BCUT2D eigenvalue weighted by Crippen LogP contribution is 2.07. The summed E-state index contributed by atoms with van der Waals surface area (Å²) in [6.45, 7) is 1.76. The zero-order valence-electron chi connectivity index (χ0n) is 11.1. The van der Waals surface area contributed by atoms with Gasteiger partial charge in [-0.3, -0.25) is 4.79 Å². The number of Topliss-reactive ketones (excluding diaryl/α,β-unsaturated/α-hetero) is 1. The summed E-state index contributed by atoms with van der Waals surface area (Å²) in [6.07, 6.45) is 0.0528. The van der Waals surface area contributed by atoms with Gasteiger partial charge >= 0.3 is 0 Å². The van der Waals surface area contributed by atoms with Crippen LogP contribution in [0.4, 0.5) is 4.39 Å². The van der Waals surface area contributed by atoms with Crippen LogP contribution in [0.5, 0.6) is 0 Å². The third-order valence-electron chi connectivity index (χ3n) is 2.41. The molecule has 0 aliphatic carbocycles. The lowest BCUT2D eigenvalue weighted by molar-refractivity contribution is -0.123. The number of carbonyl (C=O) groups excluding carboxylic acids is 1. The molecule has 0 saturated carbocycles. The maximum Gasteiger partial charge on any atom is 0.162 e. The number of carbonyl (C=O) groups is 1. The SMILES string of the molecule is COCCOCCOCC(=O)Cc1ccccc1F. The highest BCUT2D eigenvalue weighted by molar-refractivity contribution is 5.82. The summed E-state index contributed by atoms with van der Waals surface area (Å²) in [5, 5.41) is 0. The molecule has 4 nitrogen and oxygen atoms in total. The second-order valence-electron chi connectivity index (χ2n) is 3.96.